The number of guanidine groups is 1. The number of piperazine rings is 1. The van der Waals surface area contributed by atoms with Gasteiger partial charge < -0.3 is 10.2 Å². The summed E-state index contributed by atoms with van der Waals surface area (Å²) in [5.41, 5.74) is 6.23. The summed E-state index contributed by atoms with van der Waals surface area (Å²) in [5, 5.41) is 7.98. The van der Waals surface area contributed by atoms with E-state index < -0.39 is 0 Å². The highest BCUT2D eigenvalue weighted by atomic mass is 127. The molecule has 2 aromatic rings. The second-order valence-corrected chi connectivity index (χ2v) is 7.70. The van der Waals surface area contributed by atoms with Crippen molar-refractivity contribution in [2.75, 3.05) is 32.7 Å². The number of hydrogen-bond acceptors (Lipinski definition) is 3. The smallest absolute Gasteiger partial charge is 0.194 e. The van der Waals surface area contributed by atoms with Gasteiger partial charge >= 0.3 is 0 Å². The third-order valence-electron chi connectivity index (χ3n) is 5.54. The van der Waals surface area contributed by atoms with Gasteiger partial charge in [-0.3, -0.25) is 9.58 Å². The molecule has 2 heterocycles. The Bertz CT molecular complexity index is 821. The van der Waals surface area contributed by atoms with Crippen molar-refractivity contribution in [2.45, 2.75) is 40.8 Å². The molecule has 0 aliphatic carbocycles. The standard InChI is InChI=1S/C22H34N6.HI/c1-6-23-22(24-15-21-18(3)25-26(5)19(21)4)28-12-10-27(11-13-28)16-20-9-7-8-17(2)14-20;/h7-9,14H,6,10-13,15-16H2,1-5H3,(H,23,24);1H. The molecular formula is C22H35IN6. The van der Waals surface area contributed by atoms with Crippen LogP contribution in [0.5, 0.6) is 0 Å². The Morgan fingerprint density at radius 3 is 2.45 bits per heavy atom. The summed E-state index contributed by atoms with van der Waals surface area (Å²) in [7, 11) is 1.99. The van der Waals surface area contributed by atoms with E-state index in [1.54, 1.807) is 0 Å². The maximum Gasteiger partial charge on any atom is 0.194 e. The Labute approximate surface area is 192 Å². The average molecular weight is 510 g/mol. The second kappa shape index (κ2) is 11.0. The zero-order chi connectivity index (χ0) is 20.1. The maximum absolute atomic E-state index is 4.92. The highest BCUT2D eigenvalue weighted by molar-refractivity contribution is 14.0. The molecule has 1 aliphatic heterocycles. The number of aryl methyl sites for hydroxylation is 3. The molecule has 1 aromatic heterocycles. The summed E-state index contributed by atoms with van der Waals surface area (Å²) in [6.45, 7) is 15.2. The monoisotopic (exact) mass is 510 g/mol. The summed E-state index contributed by atoms with van der Waals surface area (Å²) in [5.74, 6) is 1.01. The van der Waals surface area contributed by atoms with Gasteiger partial charge in [0.15, 0.2) is 5.96 Å². The molecule has 7 heteroatoms. The molecule has 0 unspecified atom stereocenters. The lowest BCUT2D eigenvalue weighted by Crippen LogP contribution is -2.52. The van der Waals surface area contributed by atoms with E-state index in [0.717, 1.165) is 50.9 Å². The van der Waals surface area contributed by atoms with E-state index in [9.17, 15) is 0 Å². The lowest BCUT2D eigenvalue weighted by molar-refractivity contribution is 0.172. The van der Waals surface area contributed by atoms with Crippen molar-refractivity contribution < 1.29 is 0 Å². The Balaban J connectivity index is 0.00000300. The van der Waals surface area contributed by atoms with Gasteiger partial charge in [0.05, 0.1) is 12.2 Å². The van der Waals surface area contributed by atoms with E-state index in [2.05, 4.69) is 72.2 Å². The number of benzene rings is 1. The highest BCUT2D eigenvalue weighted by Crippen LogP contribution is 2.14. The van der Waals surface area contributed by atoms with Crippen molar-refractivity contribution in [1.29, 1.82) is 0 Å². The minimum Gasteiger partial charge on any atom is -0.357 e. The molecule has 0 amide bonds. The third kappa shape index (κ3) is 6.18. The van der Waals surface area contributed by atoms with E-state index in [1.807, 2.05) is 11.7 Å². The van der Waals surface area contributed by atoms with Crippen molar-refractivity contribution in [2.24, 2.45) is 12.0 Å². The molecule has 1 aromatic carbocycles. The number of hydrogen-bond donors (Lipinski definition) is 1. The first-order valence-corrected chi connectivity index (χ1v) is 10.3. The van der Waals surface area contributed by atoms with E-state index >= 15 is 0 Å². The van der Waals surface area contributed by atoms with Gasteiger partial charge in [-0.2, -0.15) is 5.10 Å². The van der Waals surface area contributed by atoms with Crippen LogP contribution in [0, 0.1) is 20.8 Å². The number of nitrogens with one attached hydrogen (secondary N) is 1. The van der Waals surface area contributed by atoms with Crippen LogP contribution in [0.1, 0.15) is 35.0 Å². The van der Waals surface area contributed by atoms with Crippen molar-refractivity contribution >= 4 is 29.9 Å². The minimum absolute atomic E-state index is 0. The molecule has 1 saturated heterocycles. The fraction of sp³-hybridized carbons (Fsp3) is 0.545. The molecule has 160 valence electrons. The van der Waals surface area contributed by atoms with Gasteiger partial charge in [-0.25, -0.2) is 4.99 Å². The minimum atomic E-state index is 0. The van der Waals surface area contributed by atoms with Crippen LogP contribution >= 0.6 is 24.0 Å². The molecule has 1 aliphatic rings. The summed E-state index contributed by atoms with van der Waals surface area (Å²) in [6, 6.07) is 8.82. The number of aliphatic imine (C=N–C) groups is 1. The van der Waals surface area contributed by atoms with E-state index in [1.165, 1.54) is 22.4 Å². The molecule has 1 fully saturated rings. The predicted octanol–water partition coefficient (Wildman–Crippen LogP) is 3.25. The maximum atomic E-state index is 4.92. The molecule has 3 rings (SSSR count). The van der Waals surface area contributed by atoms with Crippen LogP contribution in [0.2, 0.25) is 0 Å². The molecule has 1 N–H and O–H groups in total. The summed E-state index contributed by atoms with van der Waals surface area (Å²) >= 11 is 0. The van der Waals surface area contributed by atoms with Crippen molar-refractivity contribution in [3.05, 3.63) is 52.3 Å². The first kappa shape index (κ1) is 23.7. The number of rotatable bonds is 5. The lowest BCUT2D eigenvalue weighted by Gasteiger charge is -2.36. The molecule has 0 spiro atoms. The molecule has 0 bridgehead atoms. The zero-order valence-electron chi connectivity index (χ0n) is 18.4. The topological polar surface area (TPSA) is 48.7 Å². The van der Waals surface area contributed by atoms with E-state index in [-0.39, 0.29) is 24.0 Å². The largest absolute Gasteiger partial charge is 0.357 e. The van der Waals surface area contributed by atoms with E-state index in [0.29, 0.717) is 6.54 Å². The van der Waals surface area contributed by atoms with Gasteiger partial charge in [-0.15, -0.1) is 24.0 Å². The molecule has 0 saturated carbocycles. The fourth-order valence-corrected chi connectivity index (χ4v) is 3.81. The van der Waals surface area contributed by atoms with E-state index in [4.69, 9.17) is 4.99 Å². The van der Waals surface area contributed by atoms with Gasteiger partial charge in [0, 0.05) is 57.6 Å². The summed E-state index contributed by atoms with van der Waals surface area (Å²) in [4.78, 5) is 9.84. The molecule has 6 nitrogen and oxygen atoms in total. The Morgan fingerprint density at radius 1 is 1.14 bits per heavy atom. The zero-order valence-corrected chi connectivity index (χ0v) is 20.7. The predicted molar refractivity (Wildman–Crippen MR) is 131 cm³/mol. The van der Waals surface area contributed by atoms with Crippen LogP contribution in [0.15, 0.2) is 29.3 Å². The normalized spacial score (nSPS) is 15.3. The average Bonchev–Trinajstić information content (AvgIpc) is 2.91. The lowest BCUT2D eigenvalue weighted by atomic mass is 10.1. The van der Waals surface area contributed by atoms with Crippen LogP contribution < -0.4 is 5.32 Å². The summed E-state index contributed by atoms with van der Waals surface area (Å²) in [6.07, 6.45) is 0. The summed E-state index contributed by atoms with van der Waals surface area (Å²) < 4.78 is 1.94. The SMILES string of the molecule is CCNC(=NCc1c(C)nn(C)c1C)N1CCN(Cc2cccc(C)c2)CC1.I. The number of halogens is 1. The van der Waals surface area contributed by atoms with Crippen molar-refractivity contribution in [1.82, 2.24) is 24.9 Å². The molecule has 0 atom stereocenters. The Kier molecular flexibility index (Phi) is 8.95. The Hall–Kier alpha value is -1.61. The van der Waals surface area contributed by atoms with Crippen LogP contribution in [-0.2, 0) is 20.1 Å². The van der Waals surface area contributed by atoms with Gasteiger partial charge in [-0.1, -0.05) is 29.8 Å². The molecule has 29 heavy (non-hydrogen) atoms. The quantitative estimate of drug-likeness (QED) is 0.381. The second-order valence-electron chi connectivity index (χ2n) is 7.70. The van der Waals surface area contributed by atoms with Crippen molar-refractivity contribution in [3.8, 4) is 0 Å². The van der Waals surface area contributed by atoms with Crippen LogP contribution in [0.3, 0.4) is 0 Å². The van der Waals surface area contributed by atoms with Gasteiger partial charge in [0.2, 0.25) is 0 Å². The van der Waals surface area contributed by atoms with Crippen molar-refractivity contribution in [3.63, 3.8) is 0 Å². The molecule has 0 radical (unpaired) electrons. The highest BCUT2D eigenvalue weighted by Gasteiger charge is 2.20. The van der Waals surface area contributed by atoms with Gasteiger partial charge in [0.1, 0.15) is 0 Å². The van der Waals surface area contributed by atoms with Crippen LogP contribution in [0.4, 0.5) is 0 Å². The van der Waals surface area contributed by atoms with Gasteiger partial charge in [0.25, 0.3) is 0 Å². The first-order valence-electron chi connectivity index (χ1n) is 10.3. The van der Waals surface area contributed by atoms with Crippen LogP contribution in [-0.4, -0.2) is 58.3 Å². The third-order valence-corrected chi connectivity index (χ3v) is 5.54. The molecular weight excluding hydrogens is 475 g/mol. The first-order chi connectivity index (χ1) is 13.5. The Morgan fingerprint density at radius 2 is 1.86 bits per heavy atom. The van der Waals surface area contributed by atoms with Gasteiger partial charge in [-0.05, 0) is 33.3 Å². The van der Waals surface area contributed by atoms with Crippen LogP contribution in [0.25, 0.3) is 0 Å². The number of nitrogens with zero attached hydrogens (tertiary/aromatic N) is 5. The fourth-order valence-electron chi connectivity index (χ4n) is 3.81. The number of aromatic nitrogens is 2.